The predicted molar refractivity (Wildman–Crippen MR) is 56.7 cm³/mol. The van der Waals surface area contributed by atoms with Gasteiger partial charge in [-0.15, -0.1) is 0 Å². The molecule has 1 saturated heterocycles. The van der Waals surface area contributed by atoms with Crippen LogP contribution in [0.1, 0.15) is 20.8 Å². The Bertz CT molecular complexity index is 360. The first-order valence-electron chi connectivity index (χ1n) is 5.61. The zero-order valence-electron chi connectivity index (χ0n) is 9.73. The van der Waals surface area contributed by atoms with Crippen LogP contribution in [0.4, 0.5) is 0 Å². The second kappa shape index (κ2) is 3.70. The molecule has 2 heterocycles. The van der Waals surface area contributed by atoms with E-state index in [0.717, 1.165) is 0 Å². The molecule has 0 saturated carbocycles. The van der Waals surface area contributed by atoms with Crippen molar-refractivity contribution in [3.8, 4) is 0 Å². The van der Waals surface area contributed by atoms with Crippen molar-refractivity contribution >= 4 is 11.8 Å². The van der Waals surface area contributed by atoms with E-state index in [0.29, 0.717) is 6.61 Å². The zero-order chi connectivity index (χ0) is 11.9. The number of hydrogen-bond acceptors (Lipinski definition) is 4. The van der Waals surface area contributed by atoms with E-state index < -0.39 is 17.5 Å². The number of carbonyl (C=O) groups is 2. The third kappa shape index (κ3) is 1.33. The van der Waals surface area contributed by atoms with E-state index in [1.165, 1.54) is 0 Å². The van der Waals surface area contributed by atoms with Crippen LogP contribution < -0.4 is 0 Å². The standard InChI is InChI=1S/C12H16O4/c1-4-15-11(14)12-6-5-9(16-12)7(2)10(13)8(12)3/h5-9H,4H2,1-3H3/t7-,8-,9+,12-/m0/s1. The molecule has 2 aliphatic heterocycles. The van der Waals surface area contributed by atoms with Crippen molar-refractivity contribution in [3.63, 3.8) is 0 Å². The lowest BCUT2D eigenvalue weighted by molar-refractivity contribution is -0.187. The van der Waals surface area contributed by atoms with E-state index in [1.54, 1.807) is 26.0 Å². The molecule has 2 aliphatic rings. The van der Waals surface area contributed by atoms with Crippen LogP contribution in [-0.2, 0) is 19.1 Å². The largest absolute Gasteiger partial charge is 0.464 e. The Morgan fingerprint density at radius 2 is 2.25 bits per heavy atom. The molecule has 0 aromatic heterocycles. The first-order chi connectivity index (χ1) is 7.53. The Balaban J connectivity index is 2.32. The summed E-state index contributed by atoms with van der Waals surface area (Å²) in [5, 5.41) is 0. The van der Waals surface area contributed by atoms with Gasteiger partial charge < -0.3 is 9.47 Å². The molecule has 0 N–H and O–H groups in total. The van der Waals surface area contributed by atoms with Crippen molar-refractivity contribution in [1.29, 1.82) is 0 Å². The fourth-order valence-electron chi connectivity index (χ4n) is 2.36. The van der Waals surface area contributed by atoms with E-state index in [9.17, 15) is 9.59 Å². The van der Waals surface area contributed by atoms with Gasteiger partial charge in [-0.1, -0.05) is 19.9 Å². The molecule has 0 aromatic carbocycles. The Labute approximate surface area is 94.6 Å². The van der Waals surface area contributed by atoms with Gasteiger partial charge in [0.2, 0.25) is 0 Å². The van der Waals surface area contributed by atoms with Crippen LogP contribution in [0, 0.1) is 11.8 Å². The molecule has 0 aliphatic carbocycles. The molecule has 0 unspecified atom stereocenters. The number of ether oxygens (including phenoxy) is 2. The number of ketones is 1. The van der Waals surface area contributed by atoms with Crippen molar-refractivity contribution in [3.05, 3.63) is 12.2 Å². The summed E-state index contributed by atoms with van der Waals surface area (Å²) >= 11 is 0. The number of esters is 1. The summed E-state index contributed by atoms with van der Waals surface area (Å²) in [5.74, 6) is -1.05. The smallest absolute Gasteiger partial charge is 0.343 e. The van der Waals surface area contributed by atoms with Gasteiger partial charge >= 0.3 is 5.97 Å². The number of rotatable bonds is 2. The van der Waals surface area contributed by atoms with Gasteiger partial charge in [-0.2, -0.15) is 0 Å². The van der Waals surface area contributed by atoms with Crippen molar-refractivity contribution in [1.82, 2.24) is 0 Å². The van der Waals surface area contributed by atoms with Gasteiger partial charge in [-0.05, 0) is 13.0 Å². The summed E-state index contributed by atoms with van der Waals surface area (Å²) in [6, 6.07) is 0. The van der Waals surface area contributed by atoms with E-state index in [1.807, 2.05) is 6.92 Å². The second-order valence-electron chi connectivity index (χ2n) is 4.37. The average molecular weight is 224 g/mol. The second-order valence-corrected chi connectivity index (χ2v) is 4.37. The number of hydrogen-bond donors (Lipinski definition) is 0. The first-order valence-corrected chi connectivity index (χ1v) is 5.61. The molecule has 0 amide bonds. The molecule has 0 spiro atoms. The fraction of sp³-hybridized carbons (Fsp3) is 0.667. The average Bonchev–Trinajstić information content (AvgIpc) is 2.68. The van der Waals surface area contributed by atoms with Crippen molar-refractivity contribution in [2.45, 2.75) is 32.5 Å². The Kier molecular flexibility index (Phi) is 2.62. The van der Waals surface area contributed by atoms with Gasteiger partial charge in [0.05, 0.1) is 18.6 Å². The van der Waals surface area contributed by atoms with Gasteiger partial charge in [-0.3, -0.25) is 4.79 Å². The Hall–Kier alpha value is -1.16. The summed E-state index contributed by atoms with van der Waals surface area (Å²) in [6.45, 7) is 5.58. The van der Waals surface area contributed by atoms with E-state index in [2.05, 4.69) is 0 Å². The third-order valence-corrected chi connectivity index (χ3v) is 3.47. The quantitative estimate of drug-likeness (QED) is 0.520. The van der Waals surface area contributed by atoms with E-state index >= 15 is 0 Å². The highest BCUT2D eigenvalue weighted by atomic mass is 16.6. The SMILES string of the molecule is CCOC(=O)[C@@]12C=C[C@@H](O1)[C@H](C)C(=O)[C@@H]2C. The lowest BCUT2D eigenvalue weighted by Crippen LogP contribution is -2.55. The molecule has 0 radical (unpaired) electrons. The van der Waals surface area contributed by atoms with Gasteiger partial charge in [-0.25, -0.2) is 4.79 Å². The molecule has 2 rings (SSSR count). The van der Waals surface area contributed by atoms with Crippen LogP contribution in [0.15, 0.2) is 12.2 Å². The summed E-state index contributed by atoms with van der Waals surface area (Å²) in [5.41, 5.74) is -1.18. The maximum absolute atomic E-state index is 12.0. The minimum atomic E-state index is -1.18. The van der Waals surface area contributed by atoms with Gasteiger partial charge in [0.25, 0.3) is 0 Å². The molecular formula is C12H16O4. The molecule has 4 nitrogen and oxygen atoms in total. The highest BCUT2D eigenvalue weighted by molar-refractivity contribution is 5.96. The lowest BCUT2D eigenvalue weighted by Gasteiger charge is -2.38. The third-order valence-electron chi connectivity index (χ3n) is 3.47. The highest BCUT2D eigenvalue weighted by Crippen LogP contribution is 2.41. The monoisotopic (exact) mass is 224 g/mol. The summed E-state index contributed by atoms with van der Waals surface area (Å²) in [6.07, 6.45) is 3.19. The van der Waals surface area contributed by atoms with Crippen LogP contribution in [0.25, 0.3) is 0 Å². The van der Waals surface area contributed by atoms with E-state index in [4.69, 9.17) is 9.47 Å². The van der Waals surface area contributed by atoms with Gasteiger partial charge in [0.1, 0.15) is 5.78 Å². The zero-order valence-corrected chi connectivity index (χ0v) is 9.73. The van der Waals surface area contributed by atoms with Crippen molar-refractivity contribution in [2.24, 2.45) is 11.8 Å². The topological polar surface area (TPSA) is 52.6 Å². The number of fused-ring (bicyclic) bond motifs is 2. The number of carbonyl (C=O) groups excluding carboxylic acids is 2. The minimum Gasteiger partial charge on any atom is -0.464 e. The number of Topliss-reactive ketones (excluding diaryl/α,β-unsaturated/α-hetero) is 1. The van der Waals surface area contributed by atoms with Crippen LogP contribution >= 0.6 is 0 Å². The summed E-state index contributed by atoms with van der Waals surface area (Å²) in [4.78, 5) is 23.9. The molecule has 2 bridgehead atoms. The molecule has 0 aromatic rings. The Morgan fingerprint density at radius 1 is 1.56 bits per heavy atom. The van der Waals surface area contributed by atoms with Crippen molar-refractivity contribution in [2.75, 3.05) is 6.61 Å². The molecule has 4 atom stereocenters. The predicted octanol–water partition coefficient (Wildman–Crippen LogP) is 1.10. The van der Waals surface area contributed by atoms with Crippen LogP contribution in [0.2, 0.25) is 0 Å². The first kappa shape index (κ1) is 11.3. The van der Waals surface area contributed by atoms with Crippen molar-refractivity contribution < 1.29 is 19.1 Å². The summed E-state index contributed by atoms with van der Waals surface area (Å²) < 4.78 is 10.7. The molecule has 1 fully saturated rings. The van der Waals surface area contributed by atoms with Crippen LogP contribution in [0.3, 0.4) is 0 Å². The fourth-order valence-corrected chi connectivity index (χ4v) is 2.36. The summed E-state index contributed by atoms with van der Waals surface area (Å²) in [7, 11) is 0. The van der Waals surface area contributed by atoms with Crippen LogP contribution in [0.5, 0.6) is 0 Å². The Morgan fingerprint density at radius 3 is 2.88 bits per heavy atom. The highest BCUT2D eigenvalue weighted by Gasteiger charge is 2.57. The molecule has 88 valence electrons. The minimum absolute atomic E-state index is 0.0642. The molecule has 16 heavy (non-hydrogen) atoms. The molecular weight excluding hydrogens is 208 g/mol. The lowest BCUT2D eigenvalue weighted by atomic mass is 9.80. The molecule has 4 heteroatoms. The van der Waals surface area contributed by atoms with E-state index in [-0.39, 0.29) is 17.8 Å². The maximum Gasteiger partial charge on any atom is 0.343 e. The van der Waals surface area contributed by atoms with Gasteiger partial charge in [0.15, 0.2) is 5.60 Å². The normalized spacial score (nSPS) is 41.2. The van der Waals surface area contributed by atoms with Gasteiger partial charge in [0, 0.05) is 5.92 Å². The van der Waals surface area contributed by atoms with Crippen LogP contribution in [-0.4, -0.2) is 30.1 Å². The maximum atomic E-state index is 12.0.